The molecule has 0 amide bonds. The highest BCUT2D eigenvalue weighted by Gasteiger charge is 2.38. The monoisotopic (exact) mass is 213 g/mol. The van der Waals surface area contributed by atoms with Crippen molar-refractivity contribution in [2.24, 2.45) is 23.0 Å². The number of hydrogen-bond donors (Lipinski definition) is 1. The molecule has 15 heavy (non-hydrogen) atoms. The summed E-state index contributed by atoms with van der Waals surface area (Å²) in [5.74, 6) is 1.57. The van der Waals surface area contributed by atoms with Crippen LogP contribution in [0, 0.1) is 17.3 Å². The Balaban J connectivity index is 2.08. The summed E-state index contributed by atoms with van der Waals surface area (Å²) in [5, 5.41) is 0. The van der Waals surface area contributed by atoms with Gasteiger partial charge >= 0.3 is 0 Å². The third kappa shape index (κ3) is 2.52. The molecule has 0 radical (unpaired) electrons. The van der Waals surface area contributed by atoms with Crippen LogP contribution in [0.2, 0.25) is 0 Å². The van der Waals surface area contributed by atoms with Crippen molar-refractivity contribution in [3.63, 3.8) is 0 Å². The maximum Gasteiger partial charge on any atom is 0.0899 e. The molecule has 2 bridgehead atoms. The van der Waals surface area contributed by atoms with Gasteiger partial charge in [-0.1, -0.05) is 19.8 Å². The zero-order valence-corrected chi connectivity index (χ0v) is 9.84. The number of nitrogens with two attached hydrogens (primary N) is 1. The van der Waals surface area contributed by atoms with E-state index in [4.69, 9.17) is 5.73 Å². The van der Waals surface area contributed by atoms with E-state index in [1.54, 1.807) is 0 Å². The Morgan fingerprint density at radius 3 is 2.47 bits per heavy atom. The van der Waals surface area contributed by atoms with Crippen molar-refractivity contribution in [3.8, 4) is 0 Å². The van der Waals surface area contributed by atoms with Crippen LogP contribution >= 0.6 is 0 Å². The van der Waals surface area contributed by atoms with Gasteiger partial charge in [0.25, 0.3) is 0 Å². The Morgan fingerprint density at radius 1 is 1.20 bits per heavy atom. The summed E-state index contributed by atoms with van der Waals surface area (Å²) >= 11 is 0. The van der Waals surface area contributed by atoms with Gasteiger partial charge in [-0.3, -0.25) is 4.39 Å². The molecule has 0 spiro atoms. The third-order valence-electron chi connectivity index (χ3n) is 4.70. The van der Waals surface area contributed by atoms with Gasteiger partial charge in [-0.15, -0.1) is 0 Å². The molecule has 2 unspecified atom stereocenters. The Morgan fingerprint density at radius 2 is 1.87 bits per heavy atom. The number of hydrogen-bond acceptors (Lipinski definition) is 1. The Bertz CT molecular complexity index is 207. The summed E-state index contributed by atoms with van der Waals surface area (Å²) in [7, 11) is 0. The minimum Gasteiger partial charge on any atom is -0.327 e. The lowest BCUT2D eigenvalue weighted by atomic mass is 9.63. The minimum absolute atomic E-state index is 0.178. The van der Waals surface area contributed by atoms with E-state index >= 15 is 0 Å². The summed E-state index contributed by atoms with van der Waals surface area (Å²) in [6.07, 6.45) is 8.26. The van der Waals surface area contributed by atoms with Crippen molar-refractivity contribution < 1.29 is 4.39 Å². The second-order valence-corrected chi connectivity index (χ2v) is 6.10. The zero-order valence-electron chi connectivity index (χ0n) is 9.84. The van der Waals surface area contributed by atoms with E-state index in [1.165, 1.54) is 32.1 Å². The summed E-state index contributed by atoms with van der Waals surface area (Å²) < 4.78 is 12.6. The van der Waals surface area contributed by atoms with Gasteiger partial charge in [0.05, 0.1) is 6.67 Å². The first-order chi connectivity index (χ1) is 7.13. The van der Waals surface area contributed by atoms with Gasteiger partial charge in [0.2, 0.25) is 0 Å². The van der Waals surface area contributed by atoms with E-state index in [-0.39, 0.29) is 12.1 Å². The molecule has 3 rings (SSSR count). The molecule has 1 nitrogen and oxygen atoms in total. The second-order valence-electron chi connectivity index (χ2n) is 6.10. The Kier molecular flexibility index (Phi) is 3.34. The highest BCUT2D eigenvalue weighted by atomic mass is 19.1. The number of halogens is 1. The summed E-state index contributed by atoms with van der Waals surface area (Å²) in [4.78, 5) is 0. The van der Waals surface area contributed by atoms with E-state index in [2.05, 4.69) is 6.92 Å². The lowest BCUT2D eigenvalue weighted by Gasteiger charge is -2.44. The fraction of sp³-hybridized carbons (Fsp3) is 1.00. The van der Waals surface area contributed by atoms with E-state index < -0.39 is 0 Å². The molecular weight excluding hydrogens is 189 g/mol. The highest BCUT2D eigenvalue weighted by Crippen LogP contribution is 2.46. The summed E-state index contributed by atoms with van der Waals surface area (Å²) in [6.45, 7) is 2.06. The standard InChI is InChI=1S/C13H24FN/c1-13(6-7-14)8-10-2-4-11(5-3-10)12(15)9-13/h10-12H,2-9,15H2,1H3. The number of alkyl halides is 1. The maximum absolute atomic E-state index is 12.6. The van der Waals surface area contributed by atoms with Crippen molar-refractivity contribution in [1.29, 1.82) is 0 Å². The van der Waals surface area contributed by atoms with Crippen molar-refractivity contribution in [2.45, 2.75) is 57.9 Å². The zero-order chi connectivity index (χ0) is 10.9. The molecule has 3 aliphatic rings. The van der Waals surface area contributed by atoms with Gasteiger partial charge in [0.15, 0.2) is 0 Å². The van der Waals surface area contributed by atoms with Crippen LogP contribution in [0.25, 0.3) is 0 Å². The van der Waals surface area contributed by atoms with Crippen LogP contribution in [0.3, 0.4) is 0 Å². The van der Waals surface area contributed by atoms with Gasteiger partial charge in [-0.2, -0.15) is 0 Å². The first-order valence-corrected chi connectivity index (χ1v) is 6.44. The molecular formula is C13H24FN. The van der Waals surface area contributed by atoms with Crippen LogP contribution in [0.5, 0.6) is 0 Å². The molecule has 2 heteroatoms. The van der Waals surface area contributed by atoms with Gasteiger partial charge in [0, 0.05) is 6.04 Å². The van der Waals surface area contributed by atoms with Crippen LogP contribution in [-0.2, 0) is 0 Å². The van der Waals surface area contributed by atoms with Crippen molar-refractivity contribution in [1.82, 2.24) is 0 Å². The van der Waals surface area contributed by atoms with E-state index in [0.29, 0.717) is 12.5 Å². The van der Waals surface area contributed by atoms with Crippen LogP contribution in [0.4, 0.5) is 4.39 Å². The number of fused-ring (bicyclic) bond motifs is 5. The van der Waals surface area contributed by atoms with Crippen LogP contribution in [0.1, 0.15) is 51.9 Å². The minimum atomic E-state index is -0.180. The quantitative estimate of drug-likeness (QED) is 0.748. The Hall–Kier alpha value is -0.110. The van der Waals surface area contributed by atoms with Crippen molar-refractivity contribution in [3.05, 3.63) is 0 Å². The van der Waals surface area contributed by atoms with Gasteiger partial charge < -0.3 is 5.73 Å². The smallest absolute Gasteiger partial charge is 0.0899 e. The average molecular weight is 213 g/mol. The molecule has 0 aromatic carbocycles. The third-order valence-corrected chi connectivity index (χ3v) is 4.70. The molecule has 0 saturated heterocycles. The molecule has 0 heterocycles. The van der Waals surface area contributed by atoms with Crippen LogP contribution in [0.15, 0.2) is 0 Å². The molecule has 0 aromatic rings. The first kappa shape index (κ1) is 11.4. The topological polar surface area (TPSA) is 26.0 Å². The molecule has 88 valence electrons. The van der Waals surface area contributed by atoms with E-state index in [0.717, 1.165) is 18.3 Å². The molecule has 3 fully saturated rings. The van der Waals surface area contributed by atoms with Crippen molar-refractivity contribution in [2.75, 3.05) is 6.67 Å². The SMILES string of the molecule is CC1(CCF)CC2CCC(CC2)C(N)C1. The van der Waals surface area contributed by atoms with Gasteiger partial charge in [-0.05, 0) is 49.4 Å². The van der Waals surface area contributed by atoms with Crippen LogP contribution in [-0.4, -0.2) is 12.7 Å². The van der Waals surface area contributed by atoms with Crippen molar-refractivity contribution >= 4 is 0 Å². The molecule has 0 aliphatic heterocycles. The fourth-order valence-electron chi connectivity index (χ4n) is 3.77. The fourth-order valence-corrected chi connectivity index (χ4v) is 3.77. The van der Waals surface area contributed by atoms with E-state index in [9.17, 15) is 4.39 Å². The lowest BCUT2D eigenvalue weighted by Crippen LogP contribution is -2.42. The largest absolute Gasteiger partial charge is 0.327 e. The summed E-state index contributed by atoms with van der Waals surface area (Å²) in [6, 6.07) is 0.322. The average Bonchev–Trinajstić information content (AvgIpc) is 2.16. The first-order valence-electron chi connectivity index (χ1n) is 6.44. The molecule has 2 atom stereocenters. The second kappa shape index (κ2) is 4.40. The molecule has 2 N–H and O–H groups in total. The predicted molar refractivity (Wildman–Crippen MR) is 61.4 cm³/mol. The molecule has 0 aromatic heterocycles. The normalized spacial score (nSPS) is 46.2. The maximum atomic E-state index is 12.6. The van der Waals surface area contributed by atoms with Gasteiger partial charge in [0.1, 0.15) is 0 Å². The van der Waals surface area contributed by atoms with Gasteiger partial charge in [-0.25, -0.2) is 0 Å². The summed E-state index contributed by atoms with van der Waals surface area (Å²) in [5.41, 5.74) is 6.45. The highest BCUT2D eigenvalue weighted by molar-refractivity contribution is 4.91. The Labute approximate surface area is 92.6 Å². The lowest BCUT2D eigenvalue weighted by molar-refractivity contribution is 0.0856. The molecule has 3 saturated carbocycles. The predicted octanol–water partition coefficient (Wildman–Crippen LogP) is 3.28. The van der Waals surface area contributed by atoms with Crippen LogP contribution < -0.4 is 5.73 Å². The number of rotatable bonds is 2. The van der Waals surface area contributed by atoms with E-state index in [1.807, 2.05) is 0 Å². The molecule has 3 aliphatic carbocycles.